The van der Waals surface area contributed by atoms with E-state index >= 15 is 0 Å². The highest BCUT2D eigenvalue weighted by molar-refractivity contribution is 7.92. The average molecular weight is 453 g/mol. The van der Waals surface area contributed by atoms with Gasteiger partial charge in [-0.25, -0.2) is 8.42 Å². The molecule has 0 radical (unpaired) electrons. The van der Waals surface area contributed by atoms with Gasteiger partial charge < -0.3 is 10.1 Å². The summed E-state index contributed by atoms with van der Waals surface area (Å²) in [7, 11) is -3.95. The number of ether oxygens (including phenoxy) is 1. The largest absolute Gasteiger partial charge is 0.494 e. The molecule has 6 nitrogen and oxygen atoms in total. The Labute approximate surface area is 189 Å². The van der Waals surface area contributed by atoms with E-state index in [2.05, 4.69) is 5.32 Å². The Morgan fingerprint density at radius 3 is 2.22 bits per heavy atom. The summed E-state index contributed by atoms with van der Waals surface area (Å²) >= 11 is 0. The number of hydrogen-bond acceptors (Lipinski definition) is 4. The smallest absolute Gasteiger partial charge is 0.264 e. The molecule has 0 unspecified atom stereocenters. The number of aryl methyl sites for hydroxylation is 2. The van der Waals surface area contributed by atoms with Crippen molar-refractivity contribution < 1.29 is 17.9 Å². The van der Waals surface area contributed by atoms with E-state index in [4.69, 9.17) is 4.74 Å². The molecule has 0 spiro atoms. The maximum absolute atomic E-state index is 13.5. The van der Waals surface area contributed by atoms with Crippen molar-refractivity contribution in [2.45, 2.75) is 32.1 Å². The minimum atomic E-state index is -3.95. The summed E-state index contributed by atoms with van der Waals surface area (Å²) in [6, 6.07) is 20.8. The third-order valence-electron chi connectivity index (χ3n) is 4.99. The van der Waals surface area contributed by atoms with Crippen molar-refractivity contribution in [3.05, 3.63) is 83.9 Å². The number of rotatable bonds is 9. The molecule has 0 bridgehead atoms. The SMILES string of the molecule is CCOc1ccc(NC(=O)CN(c2ccccc2CC)S(=O)(=O)c2ccc(C)cc2)cc1. The topological polar surface area (TPSA) is 75.7 Å². The fourth-order valence-electron chi connectivity index (χ4n) is 3.32. The molecule has 0 heterocycles. The third-order valence-corrected chi connectivity index (χ3v) is 6.76. The van der Waals surface area contributed by atoms with Crippen LogP contribution in [0.25, 0.3) is 0 Å². The highest BCUT2D eigenvalue weighted by atomic mass is 32.2. The highest BCUT2D eigenvalue weighted by Gasteiger charge is 2.28. The molecule has 3 aromatic carbocycles. The zero-order valence-electron chi connectivity index (χ0n) is 18.5. The third kappa shape index (κ3) is 5.48. The highest BCUT2D eigenvalue weighted by Crippen LogP contribution is 2.28. The number of hydrogen-bond donors (Lipinski definition) is 1. The Kier molecular flexibility index (Phi) is 7.53. The number of anilines is 2. The zero-order chi connectivity index (χ0) is 23.1. The predicted octanol–water partition coefficient (Wildman–Crippen LogP) is 4.79. The monoisotopic (exact) mass is 452 g/mol. The van der Waals surface area contributed by atoms with Crippen molar-refractivity contribution >= 4 is 27.3 Å². The van der Waals surface area contributed by atoms with Gasteiger partial charge in [0.05, 0.1) is 17.2 Å². The van der Waals surface area contributed by atoms with Gasteiger partial charge in [0, 0.05) is 5.69 Å². The van der Waals surface area contributed by atoms with Crippen molar-refractivity contribution in [3.63, 3.8) is 0 Å². The lowest BCUT2D eigenvalue weighted by molar-refractivity contribution is -0.114. The maximum atomic E-state index is 13.5. The van der Waals surface area contributed by atoms with E-state index in [1.54, 1.807) is 60.7 Å². The number of amides is 1. The van der Waals surface area contributed by atoms with Gasteiger partial charge in [-0.1, -0.05) is 42.8 Å². The van der Waals surface area contributed by atoms with Gasteiger partial charge >= 0.3 is 0 Å². The molecule has 32 heavy (non-hydrogen) atoms. The summed E-state index contributed by atoms with van der Waals surface area (Å²) in [4.78, 5) is 13.0. The number of sulfonamides is 1. The zero-order valence-corrected chi connectivity index (χ0v) is 19.4. The summed E-state index contributed by atoms with van der Waals surface area (Å²) in [5.74, 6) is 0.265. The second-order valence-corrected chi connectivity index (χ2v) is 9.17. The van der Waals surface area contributed by atoms with Gasteiger partial charge in [0.25, 0.3) is 10.0 Å². The fourth-order valence-corrected chi connectivity index (χ4v) is 4.78. The van der Waals surface area contributed by atoms with Crippen LogP contribution in [0, 0.1) is 6.92 Å². The molecule has 0 fully saturated rings. The Hall–Kier alpha value is -3.32. The lowest BCUT2D eigenvalue weighted by Gasteiger charge is -2.26. The van der Waals surface area contributed by atoms with E-state index in [1.165, 1.54) is 4.31 Å². The minimum Gasteiger partial charge on any atom is -0.494 e. The molecule has 0 saturated carbocycles. The minimum absolute atomic E-state index is 0.142. The Morgan fingerprint density at radius 1 is 0.938 bits per heavy atom. The fraction of sp³-hybridized carbons (Fsp3) is 0.240. The van der Waals surface area contributed by atoms with Crippen LogP contribution in [0.15, 0.2) is 77.7 Å². The summed E-state index contributed by atoms with van der Waals surface area (Å²) in [6.45, 7) is 5.95. The first kappa shape index (κ1) is 23.3. The van der Waals surface area contributed by atoms with Crippen LogP contribution >= 0.6 is 0 Å². The number of benzene rings is 3. The predicted molar refractivity (Wildman–Crippen MR) is 128 cm³/mol. The molecule has 7 heteroatoms. The summed E-state index contributed by atoms with van der Waals surface area (Å²) in [5, 5.41) is 2.78. The summed E-state index contributed by atoms with van der Waals surface area (Å²) < 4.78 is 33.7. The molecule has 3 rings (SSSR count). The van der Waals surface area contributed by atoms with Gasteiger partial charge in [-0.05, 0) is 68.3 Å². The Bertz CT molecular complexity index is 1160. The number of carbonyl (C=O) groups is 1. The average Bonchev–Trinajstić information content (AvgIpc) is 2.79. The number of para-hydroxylation sites is 1. The van der Waals surface area contributed by atoms with Gasteiger partial charge in [-0.15, -0.1) is 0 Å². The van der Waals surface area contributed by atoms with Crippen LogP contribution in [0.5, 0.6) is 5.75 Å². The summed E-state index contributed by atoms with van der Waals surface area (Å²) in [5.41, 5.74) is 2.86. The maximum Gasteiger partial charge on any atom is 0.264 e. The van der Waals surface area contributed by atoms with Gasteiger partial charge in [0.2, 0.25) is 5.91 Å². The van der Waals surface area contributed by atoms with Gasteiger partial charge in [-0.2, -0.15) is 0 Å². The molecule has 0 aromatic heterocycles. The Morgan fingerprint density at radius 2 is 1.59 bits per heavy atom. The normalized spacial score (nSPS) is 11.1. The number of carbonyl (C=O) groups excluding carboxylic acids is 1. The van der Waals surface area contributed by atoms with E-state index in [0.717, 1.165) is 11.1 Å². The van der Waals surface area contributed by atoms with E-state index in [9.17, 15) is 13.2 Å². The Balaban J connectivity index is 1.92. The van der Waals surface area contributed by atoms with E-state index < -0.39 is 15.9 Å². The van der Waals surface area contributed by atoms with Crippen molar-refractivity contribution in [2.75, 3.05) is 22.8 Å². The molecular formula is C25H28N2O4S. The standard InChI is InChI=1S/C25H28N2O4S/c1-4-20-8-6-7-9-24(20)27(32(29,30)23-16-10-19(3)11-17-23)18-25(28)26-21-12-14-22(15-13-21)31-5-2/h6-17H,4-5,18H2,1-3H3,(H,26,28). The molecule has 3 aromatic rings. The van der Waals surface area contributed by atoms with E-state index in [1.807, 2.05) is 32.9 Å². The molecule has 1 N–H and O–H groups in total. The molecule has 0 saturated heterocycles. The van der Waals surface area contributed by atoms with Crippen molar-refractivity contribution in [1.29, 1.82) is 0 Å². The first-order valence-corrected chi connectivity index (χ1v) is 12.0. The quantitative estimate of drug-likeness (QED) is 0.506. The van der Waals surface area contributed by atoms with Crippen molar-refractivity contribution in [2.24, 2.45) is 0 Å². The molecule has 1 amide bonds. The van der Waals surface area contributed by atoms with E-state index in [0.29, 0.717) is 30.2 Å². The number of nitrogens with one attached hydrogen (secondary N) is 1. The van der Waals surface area contributed by atoms with Crippen LogP contribution in [0.3, 0.4) is 0 Å². The van der Waals surface area contributed by atoms with Crippen LogP contribution in [-0.2, 0) is 21.2 Å². The van der Waals surface area contributed by atoms with Crippen LogP contribution < -0.4 is 14.4 Å². The first-order valence-electron chi connectivity index (χ1n) is 10.5. The van der Waals surface area contributed by atoms with Gasteiger partial charge in [0.15, 0.2) is 0 Å². The molecule has 0 atom stereocenters. The van der Waals surface area contributed by atoms with E-state index in [-0.39, 0.29) is 11.4 Å². The van der Waals surface area contributed by atoms with Crippen LogP contribution in [-0.4, -0.2) is 27.5 Å². The van der Waals surface area contributed by atoms with Crippen molar-refractivity contribution in [3.8, 4) is 5.75 Å². The second kappa shape index (κ2) is 10.3. The molecule has 0 aliphatic rings. The van der Waals surface area contributed by atoms with Crippen molar-refractivity contribution in [1.82, 2.24) is 0 Å². The van der Waals surface area contributed by atoms with Crippen LogP contribution in [0.4, 0.5) is 11.4 Å². The lowest BCUT2D eigenvalue weighted by atomic mass is 10.1. The molecule has 0 aliphatic heterocycles. The first-order chi connectivity index (χ1) is 15.3. The van der Waals surface area contributed by atoms with Crippen LogP contribution in [0.2, 0.25) is 0 Å². The summed E-state index contributed by atoms with van der Waals surface area (Å²) in [6.07, 6.45) is 0.636. The van der Waals surface area contributed by atoms with Gasteiger partial charge in [-0.3, -0.25) is 9.10 Å². The second-order valence-electron chi connectivity index (χ2n) is 7.31. The molecular weight excluding hydrogens is 424 g/mol. The lowest BCUT2D eigenvalue weighted by Crippen LogP contribution is -2.38. The van der Waals surface area contributed by atoms with Crippen LogP contribution in [0.1, 0.15) is 25.0 Å². The number of nitrogens with zero attached hydrogens (tertiary/aromatic N) is 1. The van der Waals surface area contributed by atoms with Gasteiger partial charge in [0.1, 0.15) is 12.3 Å². The molecule has 0 aliphatic carbocycles. The molecule has 168 valence electrons.